The zero-order valence-corrected chi connectivity index (χ0v) is 12.6. The fourth-order valence-corrected chi connectivity index (χ4v) is 2.13. The van der Waals surface area contributed by atoms with Crippen LogP contribution in [0, 0.1) is 13.8 Å². The molecule has 0 unspecified atom stereocenters. The van der Waals surface area contributed by atoms with E-state index in [0.29, 0.717) is 6.54 Å². The fourth-order valence-electron chi connectivity index (χ4n) is 2.13. The highest BCUT2D eigenvalue weighted by molar-refractivity contribution is 5.92. The summed E-state index contributed by atoms with van der Waals surface area (Å²) in [6, 6.07) is 3.51. The number of hydrogen-bond donors (Lipinski definition) is 2. The summed E-state index contributed by atoms with van der Waals surface area (Å²) in [6.45, 7) is 4.91. The topological polar surface area (TPSA) is 102 Å². The second-order valence-corrected chi connectivity index (χ2v) is 5.05. The second kappa shape index (κ2) is 6.88. The van der Waals surface area contributed by atoms with Crippen molar-refractivity contribution >= 4 is 11.9 Å². The van der Waals surface area contributed by atoms with Crippen molar-refractivity contribution in [1.82, 2.24) is 24.9 Å². The van der Waals surface area contributed by atoms with Gasteiger partial charge in [-0.15, -0.1) is 0 Å². The summed E-state index contributed by atoms with van der Waals surface area (Å²) in [5, 5.41) is 19.7. The quantitative estimate of drug-likeness (QED) is 0.729. The van der Waals surface area contributed by atoms with Gasteiger partial charge in [-0.25, -0.2) is 0 Å². The molecule has 22 heavy (non-hydrogen) atoms. The van der Waals surface area contributed by atoms with E-state index in [1.165, 1.54) is 16.9 Å². The zero-order chi connectivity index (χ0) is 16.1. The Morgan fingerprint density at radius 3 is 2.73 bits per heavy atom. The number of carbonyl (C=O) groups excluding carboxylic acids is 1. The van der Waals surface area contributed by atoms with Gasteiger partial charge in [-0.1, -0.05) is 0 Å². The highest BCUT2D eigenvalue weighted by atomic mass is 16.4. The van der Waals surface area contributed by atoms with Crippen LogP contribution in [-0.2, 0) is 17.9 Å². The minimum atomic E-state index is -1.00. The van der Waals surface area contributed by atoms with Crippen LogP contribution in [0.15, 0.2) is 18.3 Å². The lowest BCUT2D eigenvalue weighted by atomic mass is 10.3. The molecule has 2 heterocycles. The third kappa shape index (κ3) is 4.18. The summed E-state index contributed by atoms with van der Waals surface area (Å²) in [7, 11) is 0. The predicted molar refractivity (Wildman–Crippen MR) is 78.5 cm³/mol. The second-order valence-electron chi connectivity index (χ2n) is 5.05. The molecule has 2 rings (SSSR count). The third-order valence-electron chi connectivity index (χ3n) is 3.11. The number of nitrogens with one attached hydrogen (secondary N) is 1. The maximum Gasteiger partial charge on any atom is 0.325 e. The lowest BCUT2D eigenvalue weighted by Gasteiger charge is -2.05. The molecule has 0 aromatic carbocycles. The highest BCUT2D eigenvalue weighted by Gasteiger charge is 2.10. The van der Waals surface area contributed by atoms with Gasteiger partial charge in [0.2, 0.25) is 0 Å². The highest BCUT2D eigenvalue weighted by Crippen LogP contribution is 2.02. The third-order valence-corrected chi connectivity index (χ3v) is 3.11. The summed E-state index contributed by atoms with van der Waals surface area (Å²) in [6.07, 6.45) is 2.22. The van der Waals surface area contributed by atoms with Gasteiger partial charge in [0.25, 0.3) is 5.91 Å². The maximum atomic E-state index is 11.9. The molecule has 8 nitrogen and oxygen atoms in total. The average molecular weight is 305 g/mol. The van der Waals surface area contributed by atoms with E-state index in [1.807, 2.05) is 24.6 Å². The zero-order valence-electron chi connectivity index (χ0n) is 12.6. The summed E-state index contributed by atoms with van der Waals surface area (Å²) in [4.78, 5) is 22.4. The van der Waals surface area contributed by atoms with Gasteiger partial charge >= 0.3 is 5.97 Å². The number of carbonyl (C=O) groups is 2. The molecule has 8 heteroatoms. The Balaban J connectivity index is 1.77. The van der Waals surface area contributed by atoms with Crippen LogP contribution in [0.5, 0.6) is 0 Å². The standard InChI is InChI=1S/C14H19N5O3/c1-10-8-11(2)19(16-10)6-3-5-15-14(22)12-4-7-18(17-12)9-13(20)21/h4,7-8H,3,5-6,9H2,1-2H3,(H,15,22)(H,20,21). The van der Waals surface area contributed by atoms with Crippen LogP contribution in [0.1, 0.15) is 28.3 Å². The molecule has 2 aromatic rings. The Labute approximate surface area is 127 Å². The van der Waals surface area contributed by atoms with E-state index in [2.05, 4.69) is 15.5 Å². The molecule has 118 valence electrons. The fraction of sp³-hybridized carbons (Fsp3) is 0.429. The first-order valence-electron chi connectivity index (χ1n) is 7.00. The van der Waals surface area contributed by atoms with Crippen molar-refractivity contribution in [1.29, 1.82) is 0 Å². The summed E-state index contributed by atoms with van der Waals surface area (Å²) in [5.74, 6) is -1.31. The molecule has 0 aliphatic heterocycles. The van der Waals surface area contributed by atoms with Crippen LogP contribution >= 0.6 is 0 Å². The lowest BCUT2D eigenvalue weighted by Crippen LogP contribution is -2.26. The van der Waals surface area contributed by atoms with E-state index >= 15 is 0 Å². The van der Waals surface area contributed by atoms with Gasteiger partial charge in [0.1, 0.15) is 12.2 Å². The summed E-state index contributed by atoms with van der Waals surface area (Å²) < 4.78 is 3.12. The van der Waals surface area contributed by atoms with Crippen LogP contribution in [0.25, 0.3) is 0 Å². The number of hydrogen-bond acceptors (Lipinski definition) is 4. The number of carboxylic acid groups (broad SMARTS) is 1. The minimum Gasteiger partial charge on any atom is -0.480 e. The molecule has 0 bridgehead atoms. The van der Waals surface area contributed by atoms with Crippen molar-refractivity contribution < 1.29 is 14.7 Å². The van der Waals surface area contributed by atoms with E-state index in [9.17, 15) is 9.59 Å². The molecular weight excluding hydrogens is 286 g/mol. The van der Waals surface area contributed by atoms with Gasteiger partial charge in [0, 0.05) is 25.0 Å². The van der Waals surface area contributed by atoms with Gasteiger partial charge in [-0.05, 0) is 32.4 Å². The number of aromatic nitrogens is 4. The van der Waals surface area contributed by atoms with Crippen molar-refractivity contribution in [3.63, 3.8) is 0 Å². The molecular formula is C14H19N5O3. The molecule has 0 spiro atoms. The van der Waals surface area contributed by atoms with E-state index in [1.54, 1.807) is 0 Å². The predicted octanol–water partition coefficient (Wildman–Crippen LogP) is 0.601. The normalized spacial score (nSPS) is 10.6. The monoisotopic (exact) mass is 305 g/mol. The molecule has 2 aromatic heterocycles. The van der Waals surface area contributed by atoms with Crippen molar-refractivity contribution in [2.45, 2.75) is 33.4 Å². The van der Waals surface area contributed by atoms with Crippen LogP contribution in [0.3, 0.4) is 0 Å². The van der Waals surface area contributed by atoms with Crippen LogP contribution in [0.2, 0.25) is 0 Å². The van der Waals surface area contributed by atoms with Crippen molar-refractivity contribution in [3.05, 3.63) is 35.4 Å². The molecule has 1 amide bonds. The molecule has 2 N–H and O–H groups in total. The van der Waals surface area contributed by atoms with Gasteiger partial charge in [-0.3, -0.25) is 19.0 Å². The van der Waals surface area contributed by atoms with E-state index in [-0.39, 0.29) is 18.1 Å². The lowest BCUT2D eigenvalue weighted by molar-refractivity contribution is -0.137. The first-order valence-corrected chi connectivity index (χ1v) is 7.00. The van der Waals surface area contributed by atoms with Crippen LogP contribution in [0.4, 0.5) is 0 Å². The number of carboxylic acids is 1. The number of rotatable bonds is 7. The molecule has 0 aliphatic rings. The van der Waals surface area contributed by atoms with E-state index < -0.39 is 5.97 Å². The largest absolute Gasteiger partial charge is 0.480 e. The molecule has 0 radical (unpaired) electrons. The first-order chi connectivity index (χ1) is 10.5. The Bertz CT molecular complexity index is 674. The Morgan fingerprint density at radius 1 is 1.32 bits per heavy atom. The molecule has 0 atom stereocenters. The van der Waals surface area contributed by atoms with Crippen LogP contribution < -0.4 is 5.32 Å². The first kappa shape index (κ1) is 15.7. The smallest absolute Gasteiger partial charge is 0.325 e. The van der Waals surface area contributed by atoms with Crippen molar-refractivity contribution in [3.8, 4) is 0 Å². The molecule has 0 saturated heterocycles. The Morgan fingerprint density at radius 2 is 2.09 bits per heavy atom. The van der Waals surface area contributed by atoms with Gasteiger partial charge in [0.05, 0.1) is 5.69 Å². The Hall–Kier alpha value is -2.64. The maximum absolute atomic E-state index is 11.9. The SMILES string of the molecule is Cc1cc(C)n(CCCNC(=O)c2ccn(CC(=O)O)n2)n1. The average Bonchev–Trinajstić information content (AvgIpc) is 3.01. The van der Waals surface area contributed by atoms with Gasteiger partial charge < -0.3 is 10.4 Å². The number of aliphatic carboxylic acids is 1. The Kier molecular flexibility index (Phi) is 4.92. The van der Waals surface area contributed by atoms with E-state index in [4.69, 9.17) is 5.11 Å². The number of nitrogens with zero attached hydrogens (tertiary/aromatic N) is 4. The van der Waals surface area contributed by atoms with Crippen LogP contribution in [-0.4, -0.2) is 43.1 Å². The molecule has 0 saturated carbocycles. The van der Waals surface area contributed by atoms with E-state index in [0.717, 1.165) is 24.4 Å². The van der Waals surface area contributed by atoms with Gasteiger partial charge in [0.15, 0.2) is 0 Å². The number of aryl methyl sites for hydroxylation is 3. The minimum absolute atomic E-state index is 0.215. The molecule has 0 fully saturated rings. The van der Waals surface area contributed by atoms with Gasteiger partial charge in [-0.2, -0.15) is 10.2 Å². The number of amides is 1. The summed E-state index contributed by atoms with van der Waals surface area (Å²) in [5.41, 5.74) is 2.29. The molecule has 0 aliphatic carbocycles. The van der Waals surface area contributed by atoms with Crippen molar-refractivity contribution in [2.24, 2.45) is 0 Å². The van der Waals surface area contributed by atoms with Crippen molar-refractivity contribution in [2.75, 3.05) is 6.54 Å². The summed E-state index contributed by atoms with van der Waals surface area (Å²) >= 11 is 0.